The third-order valence-corrected chi connectivity index (χ3v) is 8.21. The number of nitrogens with zero attached hydrogens (tertiary/aromatic N) is 3. The Morgan fingerprint density at radius 3 is 2.42 bits per heavy atom. The minimum absolute atomic E-state index is 0.00489. The first-order valence-electron chi connectivity index (χ1n) is 12.0. The zero-order valence-electron chi connectivity index (χ0n) is 18.0. The number of hydrogen-bond donors (Lipinski definition) is 2. The molecule has 164 valence electrons. The van der Waals surface area contributed by atoms with Crippen LogP contribution in [0.25, 0.3) is 5.69 Å². The Balaban J connectivity index is 1.31. The van der Waals surface area contributed by atoms with Gasteiger partial charge in [0.15, 0.2) is 0 Å². The summed E-state index contributed by atoms with van der Waals surface area (Å²) in [7, 11) is 0. The molecule has 1 aliphatic heterocycles. The number of aromatic nitrogens is 2. The van der Waals surface area contributed by atoms with Crippen LogP contribution in [0, 0.1) is 23.7 Å². The van der Waals surface area contributed by atoms with E-state index >= 15 is 0 Å². The van der Waals surface area contributed by atoms with Crippen LogP contribution in [0.5, 0.6) is 0 Å². The van der Waals surface area contributed by atoms with Gasteiger partial charge in [-0.3, -0.25) is 4.79 Å². The number of anilines is 1. The third-order valence-electron chi connectivity index (χ3n) is 8.21. The number of carbonyl (C=O) groups is 1. The molecule has 6 heteroatoms. The van der Waals surface area contributed by atoms with Crippen molar-refractivity contribution >= 4 is 11.7 Å². The molecule has 5 aliphatic rings. The van der Waals surface area contributed by atoms with Gasteiger partial charge in [0.05, 0.1) is 18.0 Å². The van der Waals surface area contributed by atoms with Crippen LogP contribution in [0.3, 0.4) is 0 Å². The highest BCUT2D eigenvalue weighted by Gasteiger charge is 2.48. The summed E-state index contributed by atoms with van der Waals surface area (Å²) in [5.41, 5.74) is 1.57. The molecule has 4 aliphatic carbocycles. The molecular weight excluding hydrogens is 388 g/mol. The quantitative estimate of drug-likeness (QED) is 0.796. The summed E-state index contributed by atoms with van der Waals surface area (Å²) in [4.78, 5) is 15.7. The second-order valence-electron chi connectivity index (χ2n) is 10.3. The van der Waals surface area contributed by atoms with E-state index < -0.39 is 0 Å². The Hall–Kier alpha value is -2.34. The summed E-state index contributed by atoms with van der Waals surface area (Å²) in [6.45, 7) is 1.37. The molecule has 4 bridgehead atoms. The predicted octanol–water partition coefficient (Wildman–Crippen LogP) is 3.39. The van der Waals surface area contributed by atoms with Gasteiger partial charge >= 0.3 is 0 Å². The summed E-state index contributed by atoms with van der Waals surface area (Å²) in [6, 6.07) is 10.3. The van der Waals surface area contributed by atoms with Crippen molar-refractivity contribution in [2.24, 2.45) is 23.7 Å². The van der Waals surface area contributed by atoms with Crippen LogP contribution in [-0.4, -0.2) is 46.0 Å². The molecule has 2 N–H and O–H groups in total. The number of piperidine rings is 1. The van der Waals surface area contributed by atoms with Gasteiger partial charge in [-0.2, -0.15) is 5.10 Å². The first-order valence-corrected chi connectivity index (χ1v) is 12.0. The molecular formula is C25H32N4O2. The average Bonchev–Trinajstić information content (AvgIpc) is 3.22. The fourth-order valence-corrected chi connectivity index (χ4v) is 7.10. The van der Waals surface area contributed by atoms with Gasteiger partial charge in [0, 0.05) is 19.1 Å². The van der Waals surface area contributed by atoms with E-state index in [1.807, 2.05) is 35.0 Å². The number of β-amino-alcohol motifs (C(OH)–C–C–N with tert-alkyl or cyclic N) is 1. The Kier molecular flexibility index (Phi) is 4.78. The van der Waals surface area contributed by atoms with Gasteiger partial charge in [0.25, 0.3) is 5.91 Å². The summed E-state index contributed by atoms with van der Waals surface area (Å²) in [5, 5.41) is 18.4. The van der Waals surface area contributed by atoms with E-state index in [4.69, 9.17) is 0 Å². The van der Waals surface area contributed by atoms with E-state index in [-0.39, 0.29) is 12.0 Å². The minimum atomic E-state index is -0.367. The van der Waals surface area contributed by atoms with Crippen LogP contribution in [0.15, 0.2) is 36.5 Å². The zero-order valence-corrected chi connectivity index (χ0v) is 18.0. The van der Waals surface area contributed by atoms with Crippen LogP contribution in [-0.2, 0) is 0 Å². The molecule has 1 aromatic heterocycles. The smallest absolute Gasteiger partial charge is 0.256 e. The molecule has 1 amide bonds. The maximum absolute atomic E-state index is 13.6. The first-order chi connectivity index (χ1) is 15.2. The lowest BCUT2D eigenvalue weighted by atomic mass is 9.54. The molecule has 1 aromatic carbocycles. The molecule has 1 saturated heterocycles. The number of benzene rings is 1. The number of nitrogens with one attached hydrogen (secondary N) is 1. The van der Waals surface area contributed by atoms with E-state index in [1.165, 1.54) is 32.1 Å². The standard InChI is InChI=1S/C25H32N4O2/c30-21-7-4-8-28(15-21)25-22(14-26-29(25)20-5-2-1-3-6-20)24(31)27-23-18-10-16-9-17(12-18)13-19(23)11-16/h1-3,5-6,14,16-19,21,23,30H,4,7-13,15H2,(H,27,31). The maximum atomic E-state index is 13.6. The van der Waals surface area contributed by atoms with Crippen molar-refractivity contribution in [1.29, 1.82) is 0 Å². The largest absolute Gasteiger partial charge is 0.391 e. The van der Waals surface area contributed by atoms with Crippen molar-refractivity contribution in [1.82, 2.24) is 15.1 Å². The van der Waals surface area contributed by atoms with Gasteiger partial charge in [-0.1, -0.05) is 18.2 Å². The number of aliphatic hydroxyl groups is 1. The SMILES string of the molecule is O=C(NC1C2CC3CC(C2)CC1C3)c1cnn(-c2ccccc2)c1N1CCCC(O)C1. The molecule has 7 rings (SSSR count). The van der Waals surface area contributed by atoms with Crippen molar-refractivity contribution in [2.75, 3.05) is 18.0 Å². The van der Waals surface area contributed by atoms with E-state index in [9.17, 15) is 9.90 Å². The zero-order chi connectivity index (χ0) is 20.9. The number of carbonyl (C=O) groups excluding carboxylic acids is 1. The molecule has 6 nitrogen and oxygen atoms in total. The molecule has 0 spiro atoms. The fraction of sp³-hybridized carbons (Fsp3) is 0.600. The summed E-state index contributed by atoms with van der Waals surface area (Å²) in [5.74, 6) is 3.87. The Labute approximate surface area is 183 Å². The van der Waals surface area contributed by atoms with Gasteiger partial charge in [-0.05, 0) is 80.8 Å². The number of amides is 1. The van der Waals surface area contributed by atoms with E-state index in [0.29, 0.717) is 30.0 Å². The van der Waals surface area contributed by atoms with Crippen LogP contribution < -0.4 is 10.2 Å². The van der Waals surface area contributed by atoms with Gasteiger partial charge in [0.2, 0.25) is 0 Å². The highest BCUT2D eigenvalue weighted by atomic mass is 16.3. The monoisotopic (exact) mass is 420 g/mol. The average molecular weight is 421 g/mol. The lowest BCUT2D eigenvalue weighted by Crippen LogP contribution is -2.55. The number of hydrogen-bond acceptors (Lipinski definition) is 4. The van der Waals surface area contributed by atoms with Crippen LogP contribution in [0.4, 0.5) is 5.82 Å². The van der Waals surface area contributed by atoms with Gasteiger partial charge in [-0.25, -0.2) is 4.68 Å². The summed E-state index contributed by atoms with van der Waals surface area (Å²) >= 11 is 0. The van der Waals surface area contributed by atoms with Crippen LogP contribution in [0.2, 0.25) is 0 Å². The van der Waals surface area contributed by atoms with Crippen molar-refractivity contribution in [3.63, 3.8) is 0 Å². The minimum Gasteiger partial charge on any atom is -0.391 e. The molecule has 4 saturated carbocycles. The predicted molar refractivity (Wildman–Crippen MR) is 119 cm³/mol. The third kappa shape index (κ3) is 3.45. The van der Waals surface area contributed by atoms with Crippen molar-refractivity contribution < 1.29 is 9.90 Å². The van der Waals surface area contributed by atoms with Crippen molar-refractivity contribution in [2.45, 2.75) is 57.1 Å². The highest BCUT2D eigenvalue weighted by Crippen LogP contribution is 2.53. The molecule has 1 unspecified atom stereocenters. The van der Waals surface area contributed by atoms with Gasteiger partial charge in [-0.15, -0.1) is 0 Å². The normalized spacial score (nSPS) is 34.2. The Morgan fingerprint density at radius 2 is 1.74 bits per heavy atom. The van der Waals surface area contributed by atoms with E-state index in [0.717, 1.165) is 42.7 Å². The van der Waals surface area contributed by atoms with Crippen molar-refractivity contribution in [3.8, 4) is 5.69 Å². The van der Waals surface area contributed by atoms with Crippen molar-refractivity contribution in [3.05, 3.63) is 42.1 Å². The summed E-state index contributed by atoms with van der Waals surface area (Å²) in [6.07, 6.45) is 9.63. The van der Waals surface area contributed by atoms with Crippen LogP contribution >= 0.6 is 0 Å². The fourth-order valence-electron chi connectivity index (χ4n) is 7.10. The molecule has 31 heavy (non-hydrogen) atoms. The lowest BCUT2D eigenvalue weighted by Gasteiger charge is -2.54. The topological polar surface area (TPSA) is 70.4 Å². The lowest BCUT2D eigenvalue weighted by molar-refractivity contribution is -0.0119. The van der Waals surface area contributed by atoms with Gasteiger partial charge in [0.1, 0.15) is 11.4 Å². The number of rotatable bonds is 4. The molecule has 2 heterocycles. The van der Waals surface area contributed by atoms with E-state index in [2.05, 4.69) is 15.3 Å². The Morgan fingerprint density at radius 1 is 1.03 bits per heavy atom. The Bertz CT molecular complexity index is 928. The maximum Gasteiger partial charge on any atom is 0.256 e. The summed E-state index contributed by atoms with van der Waals surface area (Å²) < 4.78 is 1.86. The molecule has 0 radical (unpaired) electrons. The second-order valence-corrected chi connectivity index (χ2v) is 10.3. The van der Waals surface area contributed by atoms with Crippen LogP contribution in [0.1, 0.15) is 55.3 Å². The van der Waals surface area contributed by atoms with E-state index in [1.54, 1.807) is 6.20 Å². The molecule has 2 aromatic rings. The molecule has 1 atom stereocenters. The number of aliphatic hydroxyl groups excluding tert-OH is 1. The number of para-hydroxylation sites is 1. The molecule has 5 fully saturated rings. The highest BCUT2D eigenvalue weighted by molar-refractivity contribution is 5.99. The first kappa shape index (κ1) is 19.4. The van der Waals surface area contributed by atoms with Gasteiger partial charge < -0.3 is 15.3 Å². The second kappa shape index (κ2) is 7.66.